The lowest BCUT2D eigenvalue weighted by Gasteiger charge is -2.10. The summed E-state index contributed by atoms with van der Waals surface area (Å²) >= 11 is 5.01. The Bertz CT molecular complexity index is 605. The monoisotopic (exact) mass is 299 g/mol. The van der Waals surface area contributed by atoms with Crippen LogP contribution in [-0.2, 0) is 9.84 Å². The first kappa shape index (κ1) is 13.8. The van der Waals surface area contributed by atoms with Gasteiger partial charge in [0.1, 0.15) is 11.5 Å². The lowest BCUT2D eigenvalue weighted by molar-refractivity contribution is 0.414. The number of sulfone groups is 1. The van der Waals surface area contributed by atoms with Gasteiger partial charge in [0.05, 0.1) is 18.6 Å². The van der Waals surface area contributed by atoms with Crippen molar-refractivity contribution in [2.24, 2.45) is 0 Å². The highest BCUT2D eigenvalue weighted by molar-refractivity contribution is 7.92. The summed E-state index contributed by atoms with van der Waals surface area (Å²) in [5.74, 6) is 1.29. The van der Waals surface area contributed by atoms with Crippen molar-refractivity contribution in [3.8, 4) is 11.5 Å². The van der Waals surface area contributed by atoms with Crippen LogP contribution in [0.3, 0.4) is 0 Å². The molecule has 1 aromatic rings. The molecular weight excluding hydrogens is 286 g/mol. The van der Waals surface area contributed by atoms with Crippen LogP contribution < -0.4 is 14.8 Å². The second-order valence-electron chi connectivity index (χ2n) is 3.97. The average Bonchev–Trinajstić information content (AvgIpc) is 2.69. The number of benzene rings is 1. The van der Waals surface area contributed by atoms with Gasteiger partial charge in [-0.1, -0.05) is 0 Å². The molecule has 0 atom stereocenters. The van der Waals surface area contributed by atoms with Gasteiger partial charge < -0.3 is 14.8 Å². The maximum Gasteiger partial charge on any atom is 0.266 e. The number of ether oxygens (including phenoxy) is 2. The summed E-state index contributed by atoms with van der Waals surface area (Å²) < 4.78 is 32.9. The molecule has 0 bridgehead atoms. The molecule has 1 N–H and O–H groups in total. The molecule has 0 spiro atoms. The molecule has 19 heavy (non-hydrogen) atoms. The predicted molar refractivity (Wildman–Crippen MR) is 76.1 cm³/mol. The topological polar surface area (TPSA) is 64.6 Å². The molecule has 0 fully saturated rings. The summed E-state index contributed by atoms with van der Waals surface area (Å²) in [4.78, 5) is 0. The number of methoxy groups -OCH3 is 1. The lowest BCUT2D eigenvalue weighted by Crippen LogP contribution is -2.27. The highest BCUT2D eigenvalue weighted by Crippen LogP contribution is 2.17. The van der Waals surface area contributed by atoms with Crippen molar-refractivity contribution in [3.05, 3.63) is 36.0 Å². The molecule has 102 valence electrons. The van der Waals surface area contributed by atoms with Crippen LogP contribution in [0, 0.1) is 0 Å². The zero-order chi connectivity index (χ0) is 13.9. The van der Waals surface area contributed by atoms with E-state index in [9.17, 15) is 8.42 Å². The highest BCUT2D eigenvalue weighted by atomic mass is 32.2. The second kappa shape index (κ2) is 5.58. The fourth-order valence-corrected chi connectivity index (χ4v) is 3.04. The Kier molecular flexibility index (Phi) is 4.06. The average molecular weight is 299 g/mol. The SMILES string of the molecule is COc1ccc(OC(=S)NC2=CCS(=O)(=O)C2)cc1. The van der Waals surface area contributed by atoms with Crippen LogP contribution in [-0.4, -0.2) is 32.2 Å². The van der Waals surface area contributed by atoms with Crippen molar-refractivity contribution in [2.45, 2.75) is 0 Å². The zero-order valence-electron chi connectivity index (χ0n) is 10.3. The van der Waals surface area contributed by atoms with Crippen LogP contribution in [0.4, 0.5) is 0 Å². The molecule has 0 saturated carbocycles. The Morgan fingerprint density at radius 2 is 1.89 bits per heavy atom. The van der Waals surface area contributed by atoms with E-state index < -0.39 is 9.84 Å². The van der Waals surface area contributed by atoms with E-state index in [1.807, 2.05) is 0 Å². The fourth-order valence-electron chi connectivity index (χ4n) is 1.58. The Morgan fingerprint density at radius 1 is 1.26 bits per heavy atom. The van der Waals surface area contributed by atoms with Crippen LogP contribution in [0.5, 0.6) is 11.5 Å². The third kappa shape index (κ3) is 3.93. The molecule has 0 radical (unpaired) electrons. The standard InChI is InChI=1S/C12H13NO4S2/c1-16-10-2-4-11(5-3-10)17-12(18)13-9-6-7-19(14,15)8-9/h2-6H,7-8H2,1H3,(H,13,18). The van der Waals surface area contributed by atoms with Gasteiger partial charge in [-0.15, -0.1) is 0 Å². The molecule has 1 aromatic carbocycles. The smallest absolute Gasteiger partial charge is 0.266 e. The van der Waals surface area contributed by atoms with Crippen molar-refractivity contribution in [1.82, 2.24) is 5.32 Å². The molecule has 0 saturated heterocycles. The minimum absolute atomic E-state index is 0.0287. The third-order valence-corrected chi connectivity index (χ3v) is 4.10. The molecule has 2 rings (SSSR count). The largest absolute Gasteiger partial charge is 0.497 e. The van der Waals surface area contributed by atoms with Gasteiger partial charge in [-0.05, 0) is 42.6 Å². The molecule has 0 aliphatic carbocycles. The van der Waals surface area contributed by atoms with Crippen molar-refractivity contribution >= 4 is 27.2 Å². The van der Waals surface area contributed by atoms with Gasteiger partial charge in [0.25, 0.3) is 5.17 Å². The van der Waals surface area contributed by atoms with Crippen molar-refractivity contribution in [2.75, 3.05) is 18.6 Å². The van der Waals surface area contributed by atoms with E-state index in [1.165, 1.54) is 0 Å². The quantitative estimate of drug-likeness (QED) is 0.848. The zero-order valence-corrected chi connectivity index (χ0v) is 11.9. The molecule has 0 aromatic heterocycles. The first-order chi connectivity index (χ1) is 8.98. The molecule has 0 amide bonds. The van der Waals surface area contributed by atoms with Crippen molar-refractivity contribution in [3.63, 3.8) is 0 Å². The minimum atomic E-state index is -3.01. The molecule has 1 aliphatic rings. The molecule has 1 heterocycles. The van der Waals surface area contributed by atoms with Crippen molar-refractivity contribution in [1.29, 1.82) is 0 Å². The molecule has 5 nitrogen and oxygen atoms in total. The van der Waals surface area contributed by atoms with Gasteiger partial charge in [-0.25, -0.2) is 8.42 Å². The van der Waals surface area contributed by atoms with Crippen LogP contribution in [0.2, 0.25) is 0 Å². The summed E-state index contributed by atoms with van der Waals surface area (Å²) in [7, 11) is -1.43. The number of nitrogens with one attached hydrogen (secondary N) is 1. The maximum atomic E-state index is 11.3. The van der Waals surface area contributed by atoms with E-state index in [4.69, 9.17) is 21.7 Å². The Hall–Kier alpha value is -1.60. The first-order valence-corrected chi connectivity index (χ1v) is 7.74. The van der Waals surface area contributed by atoms with E-state index in [0.717, 1.165) is 5.75 Å². The Balaban J connectivity index is 1.91. The Labute approximate surface area is 117 Å². The lowest BCUT2D eigenvalue weighted by atomic mass is 10.3. The number of hydrogen-bond donors (Lipinski definition) is 1. The van der Waals surface area contributed by atoms with Gasteiger partial charge in [0.2, 0.25) is 0 Å². The second-order valence-corrected chi connectivity index (χ2v) is 6.45. The van der Waals surface area contributed by atoms with Crippen LogP contribution in [0.25, 0.3) is 0 Å². The normalized spacial score (nSPS) is 16.6. The number of thiocarbonyl (C=S) groups is 1. The van der Waals surface area contributed by atoms with Gasteiger partial charge in [0, 0.05) is 5.70 Å². The van der Waals surface area contributed by atoms with E-state index >= 15 is 0 Å². The summed E-state index contributed by atoms with van der Waals surface area (Å²) in [6.45, 7) is 0. The van der Waals surface area contributed by atoms with E-state index in [1.54, 1.807) is 37.5 Å². The molecule has 7 heteroatoms. The van der Waals surface area contributed by atoms with E-state index in [-0.39, 0.29) is 16.7 Å². The van der Waals surface area contributed by atoms with Gasteiger partial charge in [-0.2, -0.15) is 0 Å². The first-order valence-electron chi connectivity index (χ1n) is 5.51. The van der Waals surface area contributed by atoms with Crippen LogP contribution in [0.1, 0.15) is 0 Å². The maximum absolute atomic E-state index is 11.3. The minimum Gasteiger partial charge on any atom is -0.497 e. The van der Waals surface area contributed by atoms with Gasteiger partial charge >= 0.3 is 0 Å². The summed E-state index contributed by atoms with van der Waals surface area (Å²) in [6, 6.07) is 6.92. The molecule has 0 unspecified atom stereocenters. The van der Waals surface area contributed by atoms with Gasteiger partial charge in [0.15, 0.2) is 9.84 Å². The molecular formula is C12H13NO4S2. The van der Waals surface area contributed by atoms with E-state index in [0.29, 0.717) is 11.4 Å². The summed E-state index contributed by atoms with van der Waals surface area (Å²) in [5.41, 5.74) is 0.554. The number of rotatable bonds is 3. The van der Waals surface area contributed by atoms with Gasteiger partial charge in [-0.3, -0.25) is 0 Å². The number of hydrogen-bond acceptors (Lipinski definition) is 5. The van der Waals surface area contributed by atoms with Crippen LogP contribution in [0.15, 0.2) is 36.0 Å². The highest BCUT2D eigenvalue weighted by Gasteiger charge is 2.20. The van der Waals surface area contributed by atoms with E-state index in [2.05, 4.69) is 5.32 Å². The summed E-state index contributed by atoms with van der Waals surface area (Å²) in [5, 5.41) is 2.89. The summed E-state index contributed by atoms with van der Waals surface area (Å²) in [6.07, 6.45) is 1.60. The third-order valence-electron chi connectivity index (χ3n) is 2.49. The van der Waals surface area contributed by atoms with Crippen molar-refractivity contribution < 1.29 is 17.9 Å². The predicted octanol–water partition coefficient (Wildman–Crippen LogP) is 1.26. The molecule has 1 aliphatic heterocycles. The Morgan fingerprint density at radius 3 is 2.42 bits per heavy atom. The fraction of sp³-hybridized carbons (Fsp3) is 0.250. The van der Waals surface area contributed by atoms with Crippen LogP contribution >= 0.6 is 12.2 Å².